The van der Waals surface area contributed by atoms with Crippen molar-refractivity contribution in [3.8, 4) is 0 Å². The Labute approximate surface area is 215 Å². The second-order valence-corrected chi connectivity index (χ2v) is 12.6. The molecule has 0 N–H and O–H groups in total. The van der Waals surface area contributed by atoms with E-state index in [1.807, 2.05) is 0 Å². The van der Waals surface area contributed by atoms with E-state index < -0.39 is 34.1 Å². The average Bonchev–Trinajstić information content (AvgIpc) is 2.79. The highest BCUT2D eigenvalue weighted by atomic mass is 32.2. The van der Waals surface area contributed by atoms with Gasteiger partial charge in [0.05, 0.1) is 10.9 Å². The topological polar surface area (TPSA) is 57.2 Å². The van der Waals surface area contributed by atoms with Crippen molar-refractivity contribution in [2.24, 2.45) is 0 Å². The van der Waals surface area contributed by atoms with Gasteiger partial charge < -0.3 is 4.55 Å². The Hall–Kier alpha value is -2.50. The van der Waals surface area contributed by atoms with Gasteiger partial charge in [0.2, 0.25) is 0 Å². The summed E-state index contributed by atoms with van der Waals surface area (Å²) in [5.41, 5.74) is 1.57. The molecule has 0 aliphatic carbocycles. The van der Waals surface area contributed by atoms with Gasteiger partial charge in [0.15, 0.2) is 24.8 Å². The fourth-order valence-electron chi connectivity index (χ4n) is 3.02. The summed E-state index contributed by atoms with van der Waals surface area (Å²) in [6, 6.07) is 30.7. The molecule has 3 aromatic rings. The van der Waals surface area contributed by atoms with Crippen LogP contribution in [0, 0.1) is 0 Å². The van der Waals surface area contributed by atoms with Crippen molar-refractivity contribution in [2.45, 2.75) is 64.9 Å². The molecule has 0 unspecified atom stereocenters. The lowest BCUT2D eigenvalue weighted by atomic mass is 9.87. The first-order valence-electron chi connectivity index (χ1n) is 10.8. The lowest BCUT2D eigenvalue weighted by molar-refractivity contribution is -0.273. The van der Waals surface area contributed by atoms with Crippen molar-refractivity contribution in [1.82, 2.24) is 0 Å². The molecule has 0 spiro atoms. The lowest BCUT2D eigenvalue weighted by Gasteiger charge is -2.31. The van der Waals surface area contributed by atoms with Gasteiger partial charge in [0.25, 0.3) is 0 Å². The SMILES string of the molecule is CC(C)(C)c1ccc([S+](c2ccccc2)c2ccccc2)cc1.CC(F)(F)C(F)(F)C(F)(F)S(=O)(=O)[O-]. The first-order valence-corrected chi connectivity index (χ1v) is 13.5. The van der Waals surface area contributed by atoms with Crippen molar-refractivity contribution in [2.75, 3.05) is 0 Å². The van der Waals surface area contributed by atoms with Gasteiger partial charge in [-0.2, -0.15) is 26.3 Å². The van der Waals surface area contributed by atoms with Gasteiger partial charge in [-0.3, -0.25) is 0 Å². The monoisotopic (exact) mass is 564 g/mol. The minimum Gasteiger partial charge on any atom is -0.743 e. The van der Waals surface area contributed by atoms with E-state index in [2.05, 4.69) is 106 Å². The molecular weight excluding hydrogens is 538 g/mol. The summed E-state index contributed by atoms with van der Waals surface area (Å²) in [5, 5.41) is -6.35. The number of hydrogen-bond acceptors (Lipinski definition) is 3. The van der Waals surface area contributed by atoms with Crippen LogP contribution in [0.1, 0.15) is 33.3 Å². The maximum Gasteiger partial charge on any atom is 0.402 e. The molecule has 0 aliphatic rings. The summed E-state index contributed by atoms with van der Waals surface area (Å²) in [4.78, 5) is 4.10. The molecule has 3 aromatic carbocycles. The van der Waals surface area contributed by atoms with Crippen LogP contribution in [0.2, 0.25) is 0 Å². The Bertz CT molecular complexity index is 1210. The van der Waals surface area contributed by atoms with E-state index in [0.717, 1.165) is 0 Å². The normalized spacial score (nSPS) is 13.2. The Morgan fingerprint density at radius 1 is 0.622 bits per heavy atom. The minimum absolute atomic E-state index is 0.0497. The summed E-state index contributed by atoms with van der Waals surface area (Å²) >= 11 is 0. The van der Waals surface area contributed by atoms with Crippen molar-refractivity contribution < 1.29 is 39.3 Å². The maximum absolute atomic E-state index is 12.1. The third-order valence-corrected chi connectivity index (χ3v) is 8.26. The Balaban J connectivity index is 0.000000298. The Morgan fingerprint density at radius 3 is 1.24 bits per heavy atom. The molecule has 3 nitrogen and oxygen atoms in total. The first-order chi connectivity index (χ1) is 16.8. The van der Waals surface area contributed by atoms with Crippen LogP contribution in [0.15, 0.2) is 99.6 Å². The van der Waals surface area contributed by atoms with E-state index in [-0.39, 0.29) is 16.3 Å². The van der Waals surface area contributed by atoms with Gasteiger partial charge >= 0.3 is 17.1 Å². The molecule has 0 fully saturated rings. The molecule has 3 rings (SSSR count). The summed E-state index contributed by atoms with van der Waals surface area (Å²) in [5.74, 6) is -11.6. The zero-order valence-electron chi connectivity index (χ0n) is 20.4. The molecule has 0 aliphatic heterocycles. The molecule has 11 heteroatoms. The maximum atomic E-state index is 12.1. The molecule has 0 radical (unpaired) electrons. The van der Waals surface area contributed by atoms with Crippen molar-refractivity contribution >= 4 is 21.0 Å². The number of halogens is 6. The van der Waals surface area contributed by atoms with E-state index in [9.17, 15) is 39.3 Å². The third kappa shape index (κ3) is 7.08. The predicted molar refractivity (Wildman–Crippen MR) is 130 cm³/mol. The second-order valence-electron chi connectivity index (χ2n) is 9.14. The summed E-state index contributed by atoms with van der Waals surface area (Å²) in [6.07, 6.45) is 0. The van der Waals surface area contributed by atoms with E-state index in [1.54, 1.807) is 0 Å². The summed E-state index contributed by atoms with van der Waals surface area (Å²) < 4.78 is 101. The van der Waals surface area contributed by atoms with E-state index in [1.165, 1.54) is 20.2 Å². The van der Waals surface area contributed by atoms with Gasteiger partial charge in [-0.05, 0) is 47.4 Å². The average molecular weight is 565 g/mol. The number of benzene rings is 3. The van der Waals surface area contributed by atoms with Gasteiger partial charge in [-0.15, -0.1) is 0 Å². The van der Waals surface area contributed by atoms with Crippen LogP contribution in [-0.2, 0) is 26.4 Å². The predicted octanol–water partition coefficient (Wildman–Crippen LogP) is 7.49. The number of rotatable bonds is 6. The van der Waals surface area contributed by atoms with E-state index in [4.69, 9.17) is 0 Å². The molecule has 0 heterocycles. The van der Waals surface area contributed by atoms with Crippen LogP contribution < -0.4 is 0 Å². The van der Waals surface area contributed by atoms with Crippen molar-refractivity contribution in [3.63, 3.8) is 0 Å². The third-order valence-electron chi connectivity index (χ3n) is 5.14. The van der Waals surface area contributed by atoms with Gasteiger partial charge in [0, 0.05) is 6.92 Å². The molecule has 202 valence electrons. The molecule has 0 bridgehead atoms. The fourth-order valence-corrected chi connectivity index (χ4v) is 5.60. The quantitative estimate of drug-likeness (QED) is 0.177. The smallest absolute Gasteiger partial charge is 0.402 e. The molecular formula is C26H26F6O3S2. The highest BCUT2D eigenvalue weighted by molar-refractivity contribution is 7.97. The minimum atomic E-state index is -6.86. The van der Waals surface area contributed by atoms with Gasteiger partial charge in [0.1, 0.15) is 0 Å². The van der Waals surface area contributed by atoms with Gasteiger partial charge in [-0.1, -0.05) is 69.3 Å². The van der Waals surface area contributed by atoms with Crippen molar-refractivity contribution in [1.29, 1.82) is 0 Å². The van der Waals surface area contributed by atoms with Crippen LogP contribution in [0.4, 0.5) is 26.3 Å². The van der Waals surface area contributed by atoms with Crippen LogP contribution in [0.25, 0.3) is 0 Å². The molecule has 0 amide bonds. The van der Waals surface area contributed by atoms with Crippen LogP contribution in [-0.4, -0.2) is 30.1 Å². The van der Waals surface area contributed by atoms with Crippen LogP contribution >= 0.6 is 0 Å². The highest BCUT2D eigenvalue weighted by Gasteiger charge is 2.72. The summed E-state index contributed by atoms with van der Waals surface area (Å²) in [7, 11) is -6.91. The molecule has 0 saturated heterocycles. The molecule has 37 heavy (non-hydrogen) atoms. The summed E-state index contributed by atoms with van der Waals surface area (Å²) in [6.45, 7) is 6.16. The first kappa shape index (κ1) is 30.7. The van der Waals surface area contributed by atoms with Crippen LogP contribution in [0.3, 0.4) is 0 Å². The van der Waals surface area contributed by atoms with Gasteiger partial charge in [-0.25, -0.2) is 8.42 Å². The van der Waals surface area contributed by atoms with Crippen molar-refractivity contribution in [3.05, 3.63) is 90.5 Å². The zero-order valence-corrected chi connectivity index (χ0v) is 22.0. The Morgan fingerprint density at radius 2 is 0.973 bits per heavy atom. The van der Waals surface area contributed by atoms with E-state index in [0.29, 0.717) is 0 Å². The standard InChI is InChI=1S/C22H23S.C4H4F6O3S/c1-22(2,3)18-14-16-21(17-15-18)23(19-10-6-4-7-11-19)20-12-8-5-9-13-20;1-2(5,6)3(7,8)4(9,10)14(11,12)13/h4-17H,1-3H3;1H3,(H,11,12,13)/q+1;/p-1. The fraction of sp³-hybridized carbons (Fsp3) is 0.308. The molecule has 0 aromatic heterocycles. The van der Waals surface area contributed by atoms with Crippen LogP contribution in [0.5, 0.6) is 0 Å². The number of alkyl halides is 6. The molecule has 0 saturated carbocycles. The molecule has 0 atom stereocenters. The zero-order chi connectivity index (χ0) is 28.3. The second kappa shape index (κ2) is 11.1. The number of hydrogen-bond donors (Lipinski definition) is 0. The lowest BCUT2D eigenvalue weighted by Crippen LogP contribution is -2.56. The van der Waals surface area contributed by atoms with E-state index >= 15 is 0 Å². The Kier molecular flexibility index (Phi) is 9.20. The largest absolute Gasteiger partial charge is 0.743 e. The highest BCUT2D eigenvalue weighted by Crippen LogP contribution is 2.47.